The van der Waals surface area contributed by atoms with Crippen LogP contribution in [0.5, 0.6) is 11.5 Å². The van der Waals surface area contributed by atoms with Gasteiger partial charge >= 0.3 is 0 Å². The van der Waals surface area contributed by atoms with Crippen LogP contribution in [-0.4, -0.2) is 30.1 Å². The molecule has 2 rings (SSSR count). The summed E-state index contributed by atoms with van der Waals surface area (Å²) >= 11 is 1.83. The van der Waals surface area contributed by atoms with Crippen LogP contribution in [0.15, 0.2) is 29.3 Å². The highest BCUT2D eigenvalue weighted by atomic mass is 32.2. The first kappa shape index (κ1) is 15.2. The van der Waals surface area contributed by atoms with E-state index in [-0.39, 0.29) is 6.10 Å². The first-order valence-corrected chi connectivity index (χ1v) is 8.28. The molecule has 0 aliphatic carbocycles. The van der Waals surface area contributed by atoms with Crippen LogP contribution in [0.25, 0.3) is 0 Å². The van der Waals surface area contributed by atoms with Gasteiger partial charge in [0.2, 0.25) is 0 Å². The van der Waals surface area contributed by atoms with Crippen LogP contribution in [0.4, 0.5) is 0 Å². The standard InChI is InChI=1S/C16H23NO2S/c1-13(2)19-15-8-6-14(7-9-15)18-11-12-20-16-5-3-4-10-17-16/h6-9,13H,3-5,10-12H2,1-2H3. The molecule has 1 aliphatic rings. The number of rotatable bonds is 6. The molecule has 0 N–H and O–H groups in total. The predicted octanol–water partition coefficient (Wildman–Crippen LogP) is 4.17. The van der Waals surface area contributed by atoms with Crippen molar-refractivity contribution in [2.45, 2.75) is 39.2 Å². The van der Waals surface area contributed by atoms with Crippen molar-refractivity contribution in [3.63, 3.8) is 0 Å². The number of hydrogen-bond acceptors (Lipinski definition) is 4. The highest BCUT2D eigenvalue weighted by Crippen LogP contribution is 2.20. The van der Waals surface area contributed by atoms with Crippen molar-refractivity contribution in [3.05, 3.63) is 24.3 Å². The molecule has 0 unspecified atom stereocenters. The lowest BCUT2D eigenvalue weighted by Gasteiger charge is -2.12. The molecule has 0 saturated carbocycles. The number of hydrogen-bond donors (Lipinski definition) is 0. The SMILES string of the molecule is CC(C)Oc1ccc(OCCSC2=NCCCC2)cc1. The van der Waals surface area contributed by atoms with Crippen molar-refractivity contribution in [3.8, 4) is 11.5 Å². The number of thioether (sulfide) groups is 1. The average molecular weight is 293 g/mol. The minimum absolute atomic E-state index is 0.203. The molecule has 1 heterocycles. The third-order valence-electron chi connectivity index (χ3n) is 2.90. The zero-order valence-electron chi connectivity index (χ0n) is 12.3. The van der Waals surface area contributed by atoms with Gasteiger partial charge in [-0.15, -0.1) is 11.8 Å². The van der Waals surface area contributed by atoms with Crippen molar-refractivity contribution in [2.24, 2.45) is 4.99 Å². The molecule has 1 aromatic carbocycles. The quantitative estimate of drug-likeness (QED) is 0.738. The highest BCUT2D eigenvalue weighted by Gasteiger charge is 2.05. The van der Waals surface area contributed by atoms with Gasteiger partial charge < -0.3 is 9.47 Å². The Kier molecular flexibility index (Phi) is 6.25. The van der Waals surface area contributed by atoms with Gasteiger partial charge in [-0.25, -0.2) is 0 Å². The van der Waals surface area contributed by atoms with E-state index < -0.39 is 0 Å². The monoisotopic (exact) mass is 293 g/mol. The summed E-state index contributed by atoms with van der Waals surface area (Å²) in [5.41, 5.74) is 0. The van der Waals surface area contributed by atoms with Gasteiger partial charge in [-0.2, -0.15) is 0 Å². The molecule has 110 valence electrons. The molecule has 3 nitrogen and oxygen atoms in total. The Labute approximate surface area is 125 Å². The second kappa shape index (κ2) is 8.20. The molecule has 0 amide bonds. The molecule has 0 bridgehead atoms. The smallest absolute Gasteiger partial charge is 0.119 e. The van der Waals surface area contributed by atoms with Gasteiger partial charge in [0.1, 0.15) is 11.5 Å². The maximum Gasteiger partial charge on any atom is 0.119 e. The number of benzene rings is 1. The minimum Gasteiger partial charge on any atom is -0.493 e. The van der Waals surface area contributed by atoms with Crippen molar-refractivity contribution in [2.75, 3.05) is 18.9 Å². The van der Waals surface area contributed by atoms with E-state index in [1.54, 1.807) is 0 Å². The molecule has 0 saturated heterocycles. The fourth-order valence-corrected chi connectivity index (χ4v) is 2.87. The van der Waals surface area contributed by atoms with Crippen molar-refractivity contribution >= 4 is 16.8 Å². The maximum atomic E-state index is 5.73. The van der Waals surface area contributed by atoms with Gasteiger partial charge in [-0.3, -0.25) is 4.99 Å². The summed E-state index contributed by atoms with van der Waals surface area (Å²) in [6, 6.07) is 7.82. The molecular weight excluding hydrogens is 270 g/mol. The first-order chi connectivity index (χ1) is 9.74. The first-order valence-electron chi connectivity index (χ1n) is 7.29. The molecule has 0 fully saturated rings. The topological polar surface area (TPSA) is 30.8 Å². The zero-order valence-corrected chi connectivity index (χ0v) is 13.1. The highest BCUT2D eigenvalue weighted by molar-refractivity contribution is 8.13. The second-order valence-electron chi connectivity index (χ2n) is 5.07. The Hall–Kier alpha value is -1.16. The number of aliphatic imine (C=N–C) groups is 1. The van der Waals surface area contributed by atoms with Crippen molar-refractivity contribution in [1.29, 1.82) is 0 Å². The van der Waals surface area contributed by atoms with Gasteiger partial charge in [-0.1, -0.05) is 0 Å². The molecular formula is C16H23NO2S. The number of ether oxygens (including phenoxy) is 2. The average Bonchev–Trinajstić information content (AvgIpc) is 2.46. The lowest BCUT2D eigenvalue weighted by molar-refractivity contribution is 0.242. The molecule has 20 heavy (non-hydrogen) atoms. The van der Waals surface area contributed by atoms with E-state index in [0.29, 0.717) is 6.61 Å². The third-order valence-corrected chi connectivity index (χ3v) is 3.94. The van der Waals surface area contributed by atoms with Crippen LogP contribution < -0.4 is 9.47 Å². The minimum atomic E-state index is 0.203. The van der Waals surface area contributed by atoms with E-state index in [4.69, 9.17) is 9.47 Å². The van der Waals surface area contributed by atoms with Gasteiger partial charge in [-0.05, 0) is 57.4 Å². The van der Waals surface area contributed by atoms with Crippen LogP contribution >= 0.6 is 11.8 Å². The normalized spacial score (nSPS) is 15.1. The molecule has 1 aromatic rings. The summed E-state index contributed by atoms with van der Waals surface area (Å²) in [6.45, 7) is 5.76. The lowest BCUT2D eigenvalue weighted by Crippen LogP contribution is -2.07. The number of nitrogens with zero attached hydrogens (tertiary/aromatic N) is 1. The van der Waals surface area contributed by atoms with E-state index >= 15 is 0 Å². The Bertz CT molecular complexity index is 429. The summed E-state index contributed by atoms with van der Waals surface area (Å²) in [4.78, 5) is 4.52. The molecule has 0 atom stereocenters. The van der Waals surface area contributed by atoms with Crippen LogP contribution in [0.3, 0.4) is 0 Å². The zero-order chi connectivity index (χ0) is 14.2. The van der Waals surface area contributed by atoms with Gasteiger partial charge in [0.15, 0.2) is 0 Å². The molecule has 0 spiro atoms. The van der Waals surface area contributed by atoms with Crippen molar-refractivity contribution < 1.29 is 9.47 Å². The largest absolute Gasteiger partial charge is 0.493 e. The predicted molar refractivity (Wildman–Crippen MR) is 86.3 cm³/mol. The molecule has 0 aromatic heterocycles. The molecule has 4 heteroatoms. The molecule has 1 aliphatic heterocycles. The maximum absolute atomic E-state index is 5.73. The Morgan fingerprint density at radius 1 is 1.15 bits per heavy atom. The summed E-state index contributed by atoms with van der Waals surface area (Å²) in [5.74, 6) is 2.74. The Balaban J connectivity index is 1.67. The summed E-state index contributed by atoms with van der Waals surface area (Å²) < 4.78 is 11.3. The van der Waals surface area contributed by atoms with Crippen LogP contribution in [0.2, 0.25) is 0 Å². The van der Waals surface area contributed by atoms with Crippen LogP contribution in [-0.2, 0) is 0 Å². The van der Waals surface area contributed by atoms with Crippen molar-refractivity contribution in [1.82, 2.24) is 0 Å². The summed E-state index contributed by atoms with van der Waals surface area (Å²) in [6.07, 6.45) is 3.87. The van der Waals surface area contributed by atoms with E-state index in [0.717, 1.165) is 30.2 Å². The lowest BCUT2D eigenvalue weighted by atomic mass is 10.2. The summed E-state index contributed by atoms with van der Waals surface area (Å²) in [5, 5.41) is 1.29. The van der Waals surface area contributed by atoms with E-state index in [1.807, 2.05) is 49.9 Å². The Morgan fingerprint density at radius 2 is 1.90 bits per heavy atom. The van der Waals surface area contributed by atoms with Crippen LogP contribution in [0, 0.1) is 0 Å². The van der Waals surface area contributed by atoms with Gasteiger partial charge in [0.05, 0.1) is 17.8 Å². The van der Waals surface area contributed by atoms with Gasteiger partial charge in [0, 0.05) is 12.3 Å². The fourth-order valence-electron chi connectivity index (χ4n) is 1.99. The molecule has 0 radical (unpaired) electrons. The summed E-state index contributed by atoms with van der Waals surface area (Å²) in [7, 11) is 0. The Morgan fingerprint density at radius 3 is 2.55 bits per heavy atom. The van der Waals surface area contributed by atoms with E-state index in [9.17, 15) is 0 Å². The second-order valence-corrected chi connectivity index (χ2v) is 6.24. The third kappa shape index (κ3) is 5.45. The van der Waals surface area contributed by atoms with Crippen LogP contribution in [0.1, 0.15) is 33.1 Å². The fraction of sp³-hybridized carbons (Fsp3) is 0.562. The van der Waals surface area contributed by atoms with Gasteiger partial charge in [0.25, 0.3) is 0 Å². The van der Waals surface area contributed by atoms with E-state index in [1.165, 1.54) is 17.9 Å². The van der Waals surface area contributed by atoms with E-state index in [2.05, 4.69) is 4.99 Å².